The molecular weight excluding hydrogens is 402 g/mol. The van der Waals surface area contributed by atoms with Crippen LogP contribution in [-0.4, -0.2) is 30.4 Å². The highest BCUT2D eigenvalue weighted by atomic mass is 32.1. The zero-order chi connectivity index (χ0) is 20.0. The summed E-state index contributed by atoms with van der Waals surface area (Å²) in [5.41, 5.74) is 4.16. The van der Waals surface area contributed by atoms with Crippen molar-refractivity contribution in [1.29, 1.82) is 0 Å². The van der Waals surface area contributed by atoms with Gasteiger partial charge in [0, 0.05) is 36.1 Å². The Morgan fingerprint density at radius 1 is 1.21 bits per heavy atom. The fraction of sp³-hybridized carbons (Fsp3) is 0.318. The molecule has 1 saturated carbocycles. The lowest BCUT2D eigenvalue weighted by atomic mass is 9.98. The molecule has 148 valence electrons. The maximum absolute atomic E-state index is 12.6. The minimum atomic E-state index is -0.0411. The molecule has 2 aliphatic rings. The van der Waals surface area contributed by atoms with Crippen LogP contribution in [0.3, 0.4) is 0 Å². The summed E-state index contributed by atoms with van der Waals surface area (Å²) in [6.45, 7) is 0.818. The van der Waals surface area contributed by atoms with Gasteiger partial charge in [0.15, 0.2) is 5.13 Å². The van der Waals surface area contributed by atoms with E-state index in [2.05, 4.69) is 12.1 Å². The molecule has 0 unspecified atom stereocenters. The molecule has 5 rings (SSSR count). The van der Waals surface area contributed by atoms with E-state index in [1.54, 1.807) is 11.9 Å². The highest BCUT2D eigenvalue weighted by Crippen LogP contribution is 2.38. The Hall–Kier alpha value is -2.51. The van der Waals surface area contributed by atoms with Crippen molar-refractivity contribution in [2.24, 2.45) is 5.92 Å². The number of aromatic nitrogens is 1. The molecular formula is C22H21N3O2S2. The van der Waals surface area contributed by atoms with Crippen LogP contribution in [-0.2, 0) is 11.2 Å². The molecule has 2 amide bonds. The van der Waals surface area contributed by atoms with Crippen molar-refractivity contribution in [3.05, 3.63) is 51.5 Å². The summed E-state index contributed by atoms with van der Waals surface area (Å²) in [5, 5.41) is 4.57. The van der Waals surface area contributed by atoms with Gasteiger partial charge in [0.05, 0.1) is 10.6 Å². The Bertz CT molecular complexity index is 1070. The van der Waals surface area contributed by atoms with Crippen molar-refractivity contribution in [2.75, 3.05) is 23.4 Å². The van der Waals surface area contributed by atoms with Crippen LogP contribution in [0, 0.1) is 5.92 Å². The molecule has 1 fully saturated rings. The summed E-state index contributed by atoms with van der Waals surface area (Å²) < 4.78 is 0. The first-order valence-corrected chi connectivity index (χ1v) is 11.6. The normalized spacial score (nSPS) is 15.8. The maximum Gasteiger partial charge on any atom is 0.269 e. The van der Waals surface area contributed by atoms with Gasteiger partial charge >= 0.3 is 0 Å². The molecule has 1 aliphatic heterocycles. The summed E-state index contributed by atoms with van der Waals surface area (Å²) in [5.74, 6) is 0.474. The third-order valence-corrected chi connectivity index (χ3v) is 7.28. The van der Waals surface area contributed by atoms with Crippen molar-refractivity contribution >= 4 is 45.3 Å². The van der Waals surface area contributed by atoms with Crippen LogP contribution in [0.15, 0.2) is 41.1 Å². The highest BCUT2D eigenvalue weighted by molar-refractivity contribution is 7.14. The van der Waals surface area contributed by atoms with Gasteiger partial charge in [-0.2, -0.15) is 0 Å². The Morgan fingerprint density at radius 3 is 2.83 bits per heavy atom. The topological polar surface area (TPSA) is 53.5 Å². The number of thiazole rings is 1. The molecule has 29 heavy (non-hydrogen) atoms. The number of nitrogens with zero attached hydrogens (tertiary/aromatic N) is 3. The fourth-order valence-corrected chi connectivity index (χ4v) is 5.24. The van der Waals surface area contributed by atoms with E-state index in [0.29, 0.717) is 10.0 Å². The third kappa shape index (κ3) is 3.49. The summed E-state index contributed by atoms with van der Waals surface area (Å²) in [6.07, 6.45) is 4.03. The molecule has 2 aromatic heterocycles. The van der Waals surface area contributed by atoms with E-state index in [1.165, 1.54) is 28.2 Å². The second-order valence-corrected chi connectivity index (χ2v) is 9.35. The van der Waals surface area contributed by atoms with Crippen LogP contribution in [0.2, 0.25) is 0 Å². The molecule has 1 aromatic carbocycles. The number of fused-ring (bicyclic) bond motifs is 1. The molecule has 0 spiro atoms. The number of carbonyl (C=O) groups is 2. The monoisotopic (exact) mass is 423 g/mol. The lowest BCUT2D eigenvalue weighted by Crippen LogP contribution is -2.36. The van der Waals surface area contributed by atoms with Crippen LogP contribution in [0.4, 0.5) is 10.8 Å². The average molecular weight is 424 g/mol. The average Bonchev–Trinajstić information content (AvgIpc) is 3.24. The number of carbonyl (C=O) groups excluding carboxylic acids is 2. The molecule has 0 saturated heterocycles. The second kappa shape index (κ2) is 7.39. The van der Waals surface area contributed by atoms with Gasteiger partial charge in [0.2, 0.25) is 5.91 Å². The Labute approximate surface area is 177 Å². The molecule has 0 N–H and O–H groups in total. The van der Waals surface area contributed by atoms with Crippen molar-refractivity contribution in [1.82, 2.24) is 4.98 Å². The molecule has 7 heteroatoms. The van der Waals surface area contributed by atoms with Gasteiger partial charge in [-0.05, 0) is 54.8 Å². The van der Waals surface area contributed by atoms with E-state index in [1.807, 2.05) is 33.9 Å². The maximum atomic E-state index is 12.6. The Kier molecular flexibility index (Phi) is 4.72. The zero-order valence-corrected chi connectivity index (χ0v) is 17.8. The van der Waals surface area contributed by atoms with E-state index >= 15 is 0 Å². The number of hydrogen-bond donors (Lipinski definition) is 0. The quantitative estimate of drug-likeness (QED) is 0.603. The summed E-state index contributed by atoms with van der Waals surface area (Å²) in [7, 11) is 1.76. The molecule has 0 atom stereocenters. The van der Waals surface area contributed by atoms with E-state index in [9.17, 15) is 9.59 Å². The van der Waals surface area contributed by atoms with Crippen LogP contribution in [0.25, 0.3) is 11.3 Å². The second-order valence-electron chi connectivity index (χ2n) is 7.57. The van der Waals surface area contributed by atoms with Crippen molar-refractivity contribution in [3.8, 4) is 11.3 Å². The summed E-state index contributed by atoms with van der Waals surface area (Å²) in [6, 6.07) is 9.96. The molecule has 1 aliphatic carbocycles. The van der Waals surface area contributed by atoms with Crippen molar-refractivity contribution in [3.63, 3.8) is 0 Å². The molecule has 3 aromatic rings. The van der Waals surface area contributed by atoms with E-state index in [-0.39, 0.29) is 17.7 Å². The number of amides is 2. The van der Waals surface area contributed by atoms with Gasteiger partial charge < -0.3 is 4.90 Å². The van der Waals surface area contributed by atoms with E-state index in [4.69, 9.17) is 4.98 Å². The molecule has 3 heterocycles. The smallest absolute Gasteiger partial charge is 0.269 e. The minimum Gasteiger partial charge on any atom is -0.312 e. The van der Waals surface area contributed by atoms with Gasteiger partial charge in [0.25, 0.3) is 5.91 Å². The van der Waals surface area contributed by atoms with Gasteiger partial charge in [-0.15, -0.1) is 22.7 Å². The predicted octanol–water partition coefficient (Wildman–Crippen LogP) is 4.84. The van der Waals surface area contributed by atoms with Crippen LogP contribution in [0.5, 0.6) is 0 Å². The third-order valence-electron chi connectivity index (χ3n) is 5.50. The van der Waals surface area contributed by atoms with Gasteiger partial charge in [0.1, 0.15) is 0 Å². The van der Waals surface area contributed by atoms with E-state index < -0.39 is 0 Å². The van der Waals surface area contributed by atoms with Crippen molar-refractivity contribution in [2.45, 2.75) is 25.7 Å². The number of rotatable bonds is 4. The first kappa shape index (κ1) is 18.5. The first-order valence-electron chi connectivity index (χ1n) is 9.83. The van der Waals surface area contributed by atoms with Crippen LogP contribution >= 0.6 is 22.7 Å². The van der Waals surface area contributed by atoms with Crippen LogP contribution in [0.1, 0.15) is 34.5 Å². The first-order chi connectivity index (χ1) is 14.1. The molecule has 0 bridgehead atoms. The SMILES string of the molecule is CN(C(=O)c1cccs1)c1nc(-c2ccc3c(c2)CCCN3C(=O)C2CC2)cs1. The number of benzene rings is 1. The van der Waals surface area contributed by atoms with Crippen molar-refractivity contribution < 1.29 is 9.59 Å². The van der Waals surface area contributed by atoms with Gasteiger partial charge in [-0.25, -0.2) is 4.98 Å². The minimum absolute atomic E-state index is 0.0411. The number of anilines is 2. The molecule has 0 radical (unpaired) electrons. The Balaban J connectivity index is 1.39. The standard InChI is InChI=1S/C22H21N3O2S2/c1-24(21(27)19-5-3-11-28-19)22-23-17(13-29-22)15-8-9-18-16(12-15)4-2-10-25(18)20(26)14-6-7-14/h3,5,8-9,11-14H,2,4,6-7,10H2,1H3. The number of hydrogen-bond acceptors (Lipinski definition) is 5. The lowest BCUT2D eigenvalue weighted by Gasteiger charge is -2.30. The van der Waals surface area contributed by atoms with Gasteiger partial charge in [-0.3, -0.25) is 14.5 Å². The Morgan fingerprint density at radius 2 is 2.07 bits per heavy atom. The lowest BCUT2D eigenvalue weighted by molar-refractivity contribution is -0.119. The van der Waals surface area contributed by atoms with E-state index in [0.717, 1.165) is 49.2 Å². The highest BCUT2D eigenvalue weighted by Gasteiger charge is 2.35. The van der Waals surface area contributed by atoms with Gasteiger partial charge in [-0.1, -0.05) is 12.1 Å². The number of thiophene rings is 1. The van der Waals surface area contributed by atoms with Crippen LogP contribution < -0.4 is 9.80 Å². The molecule has 5 nitrogen and oxygen atoms in total. The largest absolute Gasteiger partial charge is 0.312 e. The fourth-order valence-electron chi connectivity index (χ4n) is 3.74. The summed E-state index contributed by atoms with van der Waals surface area (Å²) in [4.78, 5) is 34.2. The number of aryl methyl sites for hydroxylation is 1. The summed E-state index contributed by atoms with van der Waals surface area (Å²) >= 11 is 2.90. The zero-order valence-electron chi connectivity index (χ0n) is 16.1. The predicted molar refractivity (Wildman–Crippen MR) is 118 cm³/mol.